The largest absolute Gasteiger partial charge is 0.478 e. The summed E-state index contributed by atoms with van der Waals surface area (Å²) in [4.78, 5) is 10.8. The molecule has 0 fully saturated rings. The second-order valence-corrected chi connectivity index (χ2v) is 7.16. The molecule has 0 spiro atoms. The molecule has 1 atom stereocenters. The average Bonchev–Trinajstić information content (AvgIpc) is 2.37. The number of nitrogens with one attached hydrogen (secondary N) is 1. The minimum atomic E-state index is -3.70. The standard InChI is InChI=1S/C12H16ClNO4S2/c1-3-8(7-19-2)14-20(17,18)9-4-5-10(12(15)16)11(13)6-9/h4-6,8,14H,3,7H2,1-2H3,(H,15,16). The van der Waals surface area contributed by atoms with Gasteiger partial charge in [-0.05, 0) is 30.9 Å². The fourth-order valence-electron chi connectivity index (χ4n) is 1.56. The third-order valence-electron chi connectivity index (χ3n) is 2.66. The zero-order chi connectivity index (χ0) is 15.3. The lowest BCUT2D eigenvalue weighted by molar-refractivity contribution is 0.0697. The number of hydrogen-bond acceptors (Lipinski definition) is 4. The predicted octanol–water partition coefficient (Wildman–Crippen LogP) is 2.46. The Morgan fingerprint density at radius 1 is 1.50 bits per heavy atom. The second-order valence-electron chi connectivity index (χ2n) is 4.13. The molecule has 0 amide bonds. The smallest absolute Gasteiger partial charge is 0.337 e. The molecule has 8 heteroatoms. The predicted molar refractivity (Wildman–Crippen MR) is 81.2 cm³/mol. The van der Waals surface area contributed by atoms with Crippen molar-refractivity contribution in [3.05, 3.63) is 28.8 Å². The van der Waals surface area contributed by atoms with Crippen LogP contribution >= 0.6 is 23.4 Å². The Balaban J connectivity index is 3.04. The number of thioether (sulfide) groups is 1. The molecule has 112 valence electrons. The van der Waals surface area contributed by atoms with Crippen LogP contribution in [0, 0.1) is 0 Å². The quantitative estimate of drug-likeness (QED) is 0.798. The first-order valence-electron chi connectivity index (χ1n) is 5.86. The van der Waals surface area contributed by atoms with Crippen molar-refractivity contribution in [2.24, 2.45) is 0 Å². The molecular formula is C12H16ClNO4S2. The molecule has 5 nitrogen and oxygen atoms in total. The zero-order valence-electron chi connectivity index (χ0n) is 11.1. The van der Waals surface area contributed by atoms with Crippen LogP contribution < -0.4 is 4.72 Å². The molecule has 1 aromatic carbocycles. The van der Waals surface area contributed by atoms with Gasteiger partial charge in [-0.2, -0.15) is 11.8 Å². The first kappa shape index (κ1) is 17.3. The molecule has 0 aromatic heterocycles. The van der Waals surface area contributed by atoms with E-state index in [9.17, 15) is 13.2 Å². The molecule has 0 heterocycles. The van der Waals surface area contributed by atoms with Crippen LogP contribution in [0.25, 0.3) is 0 Å². The Kier molecular flexibility index (Phi) is 6.32. The summed E-state index contributed by atoms with van der Waals surface area (Å²) in [7, 11) is -3.70. The van der Waals surface area contributed by atoms with Crippen LogP contribution in [0.5, 0.6) is 0 Å². The van der Waals surface area contributed by atoms with Crippen LogP contribution in [0.4, 0.5) is 0 Å². The summed E-state index contributed by atoms with van der Waals surface area (Å²) in [6.45, 7) is 1.89. The molecule has 1 unspecified atom stereocenters. The monoisotopic (exact) mass is 337 g/mol. The normalized spacial score (nSPS) is 13.2. The lowest BCUT2D eigenvalue weighted by atomic mass is 10.2. The third-order valence-corrected chi connectivity index (χ3v) is 5.23. The number of carbonyl (C=O) groups is 1. The van der Waals surface area contributed by atoms with Crippen molar-refractivity contribution in [1.29, 1.82) is 0 Å². The zero-order valence-corrected chi connectivity index (χ0v) is 13.5. The van der Waals surface area contributed by atoms with Gasteiger partial charge in [0.25, 0.3) is 0 Å². The van der Waals surface area contributed by atoms with E-state index >= 15 is 0 Å². The number of aromatic carboxylic acids is 1. The first-order chi connectivity index (χ1) is 9.31. The van der Waals surface area contributed by atoms with Crippen molar-refractivity contribution in [2.45, 2.75) is 24.3 Å². The molecule has 0 radical (unpaired) electrons. The maximum atomic E-state index is 12.2. The Morgan fingerprint density at radius 2 is 2.15 bits per heavy atom. The summed E-state index contributed by atoms with van der Waals surface area (Å²) >= 11 is 7.33. The van der Waals surface area contributed by atoms with Gasteiger partial charge in [-0.25, -0.2) is 17.9 Å². The van der Waals surface area contributed by atoms with Gasteiger partial charge in [-0.1, -0.05) is 18.5 Å². The van der Waals surface area contributed by atoms with Gasteiger partial charge < -0.3 is 5.11 Å². The van der Waals surface area contributed by atoms with Crippen molar-refractivity contribution in [3.8, 4) is 0 Å². The number of halogens is 1. The number of carboxylic acids is 1. The minimum absolute atomic E-state index is 0.0351. The van der Waals surface area contributed by atoms with Gasteiger partial charge in [-0.3, -0.25) is 0 Å². The van der Waals surface area contributed by atoms with E-state index in [1.165, 1.54) is 12.1 Å². The number of carboxylic acid groups (broad SMARTS) is 1. The van der Waals surface area contributed by atoms with Crippen LogP contribution in [-0.2, 0) is 10.0 Å². The molecule has 0 saturated carbocycles. The molecular weight excluding hydrogens is 322 g/mol. The van der Waals surface area contributed by atoms with Gasteiger partial charge in [-0.15, -0.1) is 0 Å². The van der Waals surface area contributed by atoms with Crippen LogP contribution in [0.15, 0.2) is 23.1 Å². The topological polar surface area (TPSA) is 83.5 Å². The number of benzene rings is 1. The average molecular weight is 338 g/mol. The molecule has 0 saturated heterocycles. The van der Waals surface area contributed by atoms with E-state index in [-0.39, 0.29) is 21.5 Å². The van der Waals surface area contributed by atoms with Crippen molar-refractivity contribution < 1.29 is 18.3 Å². The lowest BCUT2D eigenvalue weighted by Gasteiger charge is -2.16. The fraction of sp³-hybridized carbons (Fsp3) is 0.417. The molecule has 20 heavy (non-hydrogen) atoms. The van der Waals surface area contributed by atoms with Gasteiger partial charge >= 0.3 is 5.97 Å². The number of rotatable bonds is 7. The highest BCUT2D eigenvalue weighted by Gasteiger charge is 2.20. The Labute approximate surface area is 127 Å². The van der Waals surface area contributed by atoms with Gasteiger partial charge in [0.2, 0.25) is 10.0 Å². The van der Waals surface area contributed by atoms with Crippen molar-refractivity contribution in [1.82, 2.24) is 4.72 Å². The van der Waals surface area contributed by atoms with E-state index in [1.54, 1.807) is 11.8 Å². The van der Waals surface area contributed by atoms with Gasteiger partial charge in [0.05, 0.1) is 15.5 Å². The van der Waals surface area contributed by atoms with E-state index in [1.807, 2.05) is 13.2 Å². The minimum Gasteiger partial charge on any atom is -0.478 e. The van der Waals surface area contributed by atoms with Crippen LogP contribution in [0.2, 0.25) is 5.02 Å². The highest BCUT2D eigenvalue weighted by molar-refractivity contribution is 7.98. The molecule has 0 aliphatic heterocycles. The Hall–Kier alpha value is -0.760. The van der Waals surface area contributed by atoms with Gasteiger partial charge in [0.15, 0.2) is 0 Å². The van der Waals surface area contributed by atoms with Crippen molar-refractivity contribution >= 4 is 39.4 Å². The van der Waals surface area contributed by atoms with E-state index in [2.05, 4.69) is 4.72 Å². The molecule has 2 N–H and O–H groups in total. The second kappa shape index (κ2) is 7.31. The van der Waals surface area contributed by atoms with E-state index in [4.69, 9.17) is 16.7 Å². The highest BCUT2D eigenvalue weighted by Crippen LogP contribution is 2.21. The van der Waals surface area contributed by atoms with E-state index in [0.717, 1.165) is 6.07 Å². The van der Waals surface area contributed by atoms with Crippen LogP contribution in [0.1, 0.15) is 23.7 Å². The fourth-order valence-corrected chi connectivity index (χ4v) is 4.06. The molecule has 1 aromatic rings. The van der Waals surface area contributed by atoms with Crippen molar-refractivity contribution in [2.75, 3.05) is 12.0 Å². The summed E-state index contributed by atoms with van der Waals surface area (Å²) in [6.07, 6.45) is 2.57. The third kappa shape index (κ3) is 4.37. The maximum Gasteiger partial charge on any atom is 0.337 e. The van der Waals surface area contributed by atoms with Crippen LogP contribution in [0.3, 0.4) is 0 Å². The summed E-state index contributed by atoms with van der Waals surface area (Å²) < 4.78 is 26.9. The lowest BCUT2D eigenvalue weighted by Crippen LogP contribution is -2.36. The van der Waals surface area contributed by atoms with E-state index < -0.39 is 16.0 Å². The number of hydrogen-bond donors (Lipinski definition) is 2. The Bertz CT molecular complexity index is 589. The summed E-state index contributed by atoms with van der Waals surface area (Å²) in [5, 5.41) is 8.76. The SMILES string of the molecule is CCC(CSC)NS(=O)(=O)c1ccc(C(=O)O)c(Cl)c1. The summed E-state index contributed by atoms with van der Waals surface area (Å²) in [6, 6.07) is 3.41. The summed E-state index contributed by atoms with van der Waals surface area (Å²) in [5.74, 6) is -0.530. The first-order valence-corrected chi connectivity index (χ1v) is 9.11. The van der Waals surface area contributed by atoms with E-state index in [0.29, 0.717) is 12.2 Å². The summed E-state index contributed by atoms with van der Waals surface area (Å²) in [5.41, 5.74) is -0.123. The maximum absolute atomic E-state index is 12.2. The van der Waals surface area contributed by atoms with Crippen molar-refractivity contribution in [3.63, 3.8) is 0 Å². The van der Waals surface area contributed by atoms with Crippen LogP contribution in [-0.4, -0.2) is 37.5 Å². The number of sulfonamides is 1. The highest BCUT2D eigenvalue weighted by atomic mass is 35.5. The van der Waals surface area contributed by atoms with Gasteiger partial charge in [0, 0.05) is 11.8 Å². The Morgan fingerprint density at radius 3 is 2.60 bits per heavy atom. The molecule has 0 aliphatic rings. The molecule has 0 aliphatic carbocycles. The molecule has 1 rings (SSSR count). The van der Waals surface area contributed by atoms with Gasteiger partial charge in [0.1, 0.15) is 0 Å². The molecule has 0 bridgehead atoms.